The number of rotatable bonds is 3. The molecule has 6 heteroatoms. The smallest absolute Gasteiger partial charge is 0.195 e. The van der Waals surface area contributed by atoms with Crippen LogP contribution in [0.4, 0.5) is 0 Å². The second-order valence-corrected chi connectivity index (χ2v) is 5.84. The summed E-state index contributed by atoms with van der Waals surface area (Å²) in [5.74, 6) is 1.98. The monoisotopic (exact) mass is 339 g/mol. The molecule has 0 unspecified atom stereocenters. The van der Waals surface area contributed by atoms with Crippen molar-refractivity contribution in [1.29, 1.82) is 0 Å². The van der Waals surface area contributed by atoms with Crippen LogP contribution in [-0.2, 0) is 19.4 Å². The van der Waals surface area contributed by atoms with Gasteiger partial charge in [0.25, 0.3) is 0 Å². The molecule has 0 atom stereocenters. The Labute approximate surface area is 124 Å². The Morgan fingerprint density at radius 2 is 2.37 bits per heavy atom. The highest BCUT2D eigenvalue weighted by Gasteiger charge is 2.18. The van der Waals surface area contributed by atoms with Gasteiger partial charge in [-0.15, -0.1) is 0 Å². The maximum Gasteiger partial charge on any atom is 0.195 e. The largest absolute Gasteiger partial charge is 0.493 e. The molecule has 0 spiro atoms. The number of hydrogen-bond acceptors (Lipinski definition) is 3. The molecule has 4 nitrogen and oxygen atoms in total. The summed E-state index contributed by atoms with van der Waals surface area (Å²) in [6.45, 7) is 3.53. The molecule has 0 saturated heterocycles. The molecule has 19 heavy (non-hydrogen) atoms. The van der Waals surface area contributed by atoms with E-state index in [1.54, 1.807) is 0 Å². The fourth-order valence-electron chi connectivity index (χ4n) is 2.42. The van der Waals surface area contributed by atoms with E-state index in [0.717, 1.165) is 41.1 Å². The fraction of sp³-hybridized carbons (Fsp3) is 0.385. The number of hydrogen-bond donors (Lipinski definition) is 1. The van der Waals surface area contributed by atoms with Crippen LogP contribution in [0.15, 0.2) is 16.6 Å². The SMILES string of the molecule is CCc1n[nH]c(=S)n1Cc1cc(Br)cc2c1OCC2. The molecular weight excluding hydrogens is 326 g/mol. The third-order valence-corrected chi connectivity index (χ3v) is 4.08. The summed E-state index contributed by atoms with van der Waals surface area (Å²) in [5.41, 5.74) is 2.41. The standard InChI is InChI=1S/C13H14BrN3OS/c1-2-11-15-16-13(19)17(11)7-9-6-10(14)5-8-3-4-18-12(8)9/h5-6H,2-4,7H2,1H3,(H,16,19). The highest BCUT2D eigenvalue weighted by molar-refractivity contribution is 9.10. The first-order valence-electron chi connectivity index (χ1n) is 6.27. The summed E-state index contributed by atoms with van der Waals surface area (Å²) in [4.78, 5) is 0. The molecule has 2 aromatic rings. The summed E-state index contributed by atoms with van der Waals surface area (Å²) in [7, 11) is 0. The van der Waals surface area contributed by atoms with E-state index in [0.29, 0.717) is 11.3 Å². The summed E-state index contributed by atoms with van der Waals surface area (Å²) in [6, 6.07) is 4.22. The number of nitrogens with one attached hydrogen (secondary N) is 1. The third-order valence-electron chi connectivity index (χ3n) is 3.31. The van der Waals surface area contributed by atoms with E-state index < -0.39 is 0 Å². The number of H-pyrrole nitrogens is 1. The van der Waals surface area contributed by atoms with Gasteiger partial charge < -0.3 is 4.74 Å². The van der Waals surface area contributed by atoms with E-state index in [-0.39, 0.29) is 0 Å². The Morgan fingerprint density at radius 1 is 1.53 bits per heavy atom. The second kappa shape index (κ2) is 5.09. The Bertz CT molecular complexity index is 677. The normalized spacial score (nSPS) is 13.4. The van der Waals surface area contributed by atoms with Crippen LogP contribution in [0, 0.1) is 4.77 Å². The lowest BCUT2D eigenvalue weighted by molar-refractivity contribution is 0.352. The summed E-state index contributed by atoms with van der Waals surface area (Å²) in [5, 5.41) is 7.09. The van der Waals surface area contributed by atoms with Gasteiger partial charge in [0.1, 0.15) is 11.6 Å². The molecule has 1 N–H and O–H groups in total. The number of aromatic nitrogens is 3. The van der Waals surface area contributed by atoms with Crippen LogP contribution in [0.1, 0.15) is 23.9 Å². The molecule has 0 bridgehead atoms. The van der Waals surface area contributed by atoms with Gasteiger partial charge in [0.05, 0.1) is 13.2 Å². The van der Waals surface area contributed by atoms with E-state index in [2.05, 4.69) is 45.2 Å². The Hall–Kier alpha value is -1.14. The molecule has 0 fully saturated rings. The summed E-state index contributed by atoms with van der Waals surface area (Å²) in [6.07, 6.45) is 1.82. The highest BCUT2D eigenvalue weighted by Crippen LogP contribution is 2.33. The molecule has 0 amide bonds. The average Bonchev–Trinajstić information content (AvgIpc) is 2.97. The van der Waals surface area contributed by atoms with Gasteiger partial charge in [-0.05, 0) is 29.9 Å². The number of aromatic amines is 1. The van der Waals surface area contributed by atoms with Gasteiger partial charge in [-0.25, -0.2) is 0 Å². The minimum absolute atomic E-state index is 0.656. The van der Waals surface area contributed by atoms with Crippen LogP contribution < -0.4 is 4.74 Å². The number of fused-ring (bicyclic) bond motifs is 1. The van der Waals surface area contributed by atoms with Crippen molar-refractivity contribution in [2.45, 2.75) is 26.3 Å². The topological polar surface area (TPSA) is 42.8 Å². The minimum atomic E-state index is 0.656. The van der Waals surface area contributed by atoms with Crippen molar-refractivity contribution in [3.63, 3.8) is 0 Å². The lowest BCUT2D eigenvalue weighted by atomic mass is 10.1. The van der Waals surface area contributed by atoms with Crippen molar-refractivity contribution < 1.29 is 4.74 Å². The highest BCUT2D eigenvalue weighted by atomic mass is 79.9. The van der Waals surface area contributed by atoms with Crippen LogP contribution in [0.3, 0.4) is 0 Å². The molecule has 0 saturated carbocycles. The predicted molar refractivity (Wildman–Crippen MR) is 79.2 cm³/mol. The van der Waals surface area contributed by atoms with Crippen LogP contribution >= 0.6 is 28.1 Å². The summed E-state index contributed by atoms with van der Waals surface area (Å²) < 4.78 is 9.51. The molecule has 1 aliphatic heterocycles. The van der Waals surface area contributed by atoms with Gasteiger partial charge >= 0.3 is 0 Å². The number of benzene rings is 1. The van der Waals surface area contributed by atoms with Crippen LogP contribution in [-0.4, -0.2) is 21.4 Å². The Balaban J connectivity index is 2.04. The number of ether oxygens (including phenoxy) is 1. The zero-order valence-corrected chi connectivity index (χ0v) is 13.0. The molecule has 1 aromatic heterocycles. The van der Waals surface area contributed by atoms with E-state index in [4.69, 9.17) is 17.0 Å². The van der Waals surface area contributed by atoms with Crippen molar-refractivity contribution >= 4 is 28.1 Å². The van der Waals surface area contributed by atoms with Gasteiger partial charge in [-0.1, -0.05) is 22.9 Å². The Kier molecular flexibility index (Phi) is 3.45. The first kappa shape index (κ1) is 12.9. The van der Waals surface area contributed by atoms with Gasteiger partial charge in [0.2, 0.25) is 0 Å². The van der Waals surface area contributed by atoms with Crippen LogP contribution in [0.2, 0.25) is 0 Å². The zero-order chi connectivity index (χ0) is 13.4. The van der Waals surface area contributed by atoms with Crippen molar-refractivity contribution in [3.8, 4) is 5.75 Å². The maximum absolute atomic E-state index is 5.75. The molecule has 1 aromatic carbocycles. The molecule has 100 valence electrons. The summed E-state index contributed by atoms with van der Waals surface area (Å²) >= 11 is 8.85. The fourth-order valence-corrected chi connectivity index (χ4v) is 3.19. The molecule has 0 aliphatic carbocycles. The lowest BCUT2D eigenvalue weighted by Gasteiger charge is -2.11. The number of halogens is 1. The minimum Gasteiger partial charge on any atom is -0.493 e. The second-order valence-electron chi connectivity index (χ2n) is 4.54. The van der Waals surface area contributed by atoms with E-state index in [1.807, 2.05) is 4.57 Å². The molecule has 1 aliphatic rings. The van der Waals surface area contributed by atoms with Crippen molar-refractivity contribution in [3.05, 3.63) is 38.3 Å². The van der Waals surface area contributed by atoms with Gasteiger partial charge in [0.15, 0.2) is 4.77 Å². The molecule has 3 rings (SSSR count). The molecule has 2 heterocycles. The van der Waals surface area contributed by atoms with Crippen LogP contribution in [0.25, 0.3) is 0 Å². The number of aryl methyl sites for hydroxylation is 1. The average molecular weight is 340 g/mol. The number of nitrogens with zero attached hydrogens (tertiary/aromatic N) is 2. The van der Waals surface area contributed by atoms with Gasteiger partial charge in [-0.2, -0.15) is 5.10 Å². The Morgan fingerprint density at radius 3 is 3.16 bits per heavy atom. The first-order valence-corrected chi connectivity index (χ1v) is 7.47. The van der Waals surface area contributed by atoms with Gasteiger partial charge in [-0.3, -0.25) is 9.67 Å². The molecular formula is C13H14BrN3OS. The quantitative estimate of drug-likeness (QED) is 0.873. The third kappa shape index (κ3) is 2.34. The predicted octanol–water partition coefficient (Wildman–Crippen LogP) is 3.25. The first-order chi connectivity index (χ1) is 9.19. The zero-order valence-electron chi connectivity index (χ0n) is 10.6. The van der Waals surface area contributed by atoms with E-state index in [1.165, 1.54) is 5.56 Å². The van der Waals surface area contributed by atoms with E-state index >= 15 is 0 Å². The van der Waals surface area contributed by atoms with E-state index in [9.17, 15) is 0 Å². The maximum atomic E-state index is 5.75. The van der Waals surface area contributed by atoms with Crippen LogP contribution in [0.5, 0.6) is 5.75 Å². The van der Waals surface area contributed by atoms with Gasteiger partial charge in [0, 0.05) is 22.9 Å². The van der Waals surface area contributed by atoms with Crippen molar-refractivity contribution in [2.75, 3.05) is 6.61 Å². The van der Waals surface area contributed by atoms with Crippen molar-refractivity contribution in [1.82, 2.24) is 14.8 Å². The molecule has 0 radical (unpaired) electrons. The lowest BCUT2D eigenvalue weighted by Crippen LogP contribution is -2.06. The van der Waals surface area contributed by atoms with Crippen molar-refractivity contribution in [2.24, 2.45) is 0 Å².